The van der Waals surface area contributed by atoms with Crippen molar-refractivity contribution < 1.29 is 42.6 Å². The van der Waals surface area contributed by atoms with Crippen molar-refractivity contribution >= 4 is 36.4 Å². The number of hydrogen-bond acceptors (Lipinski definition) is 11. The van der Waals surface area contributed by atoms with E-state index in [1.165, 1.54) is 0 Å². The first-order valence-corrected chi connectivity index (χ1v) is 19.1. The van der Waals surface area contributed by atoms with E-state index in [1.54, 1.807) is 30.6 Å². The van der Waals surface area contributed by atoms with Gasteiger partial charge in [0.05, 0.1) is 29.5 Å². The lowest BCUT2D eigenvalue weighted by Crippen LogP contribution is -2.64. The Kier molecular flexibility index (Phi) is 9.72. The number of fused-ring (bicyclic) bond motifs is 2. The van der Waals surface area contributed by atoms with Crippen LogP contribution in [0.15, 0.2) is 42.6 Å². The van der Waals surface area contributed by atoms with Crippen LogP contribution in [0.3, 0.4) is 0 Å². The fourth-order valence-corrected chi connectivity index (χ4v) is 7.64. The summed E-state index contributed by atoms with van der Waals surface area (Å²) in [6, 6.07) is 10.5. The van der Waals surface area contributed by atoms with Crippen LogP contribution in [-0.2, 0) is 36.7 Å². The monoisotopic (exact) mass is 759 g/mol. The van der Waals surface area contributed by atoms with Crippen LogP contribution in [-0.4, -0.2) is 89.0 Å². The lowest BCUT2D eigenvalue weighted by Gasteiger charge is -2.40. The normalized spacial score (nSPS) is 25.3. The Morgan fingerprint density at radius 2 is 1.55 bits per heavy atom. The number of carbonyl (C=O) groups excluding carboxylic acids is 3. The maximum Gasteiger partial charge on any atom is 0.494 e. The fourth-order valence-electron chi connectivity index (χ4n) is 7.64. The number of rotatable bonds is 7. The largest absolute Gasteiger partial charge is 0.494 e. The van der Waals surface area contributed by atoms with E-state index in [1.807, 2.05) is 91.1 Å². The SMILES string of the molecule is CC(C)[C@H](NC(=O)OC(C)(C)C)C(=O)N1C[C@H](OC(=O)N2Cc3cc4c(cc3C2)OCO4)C[C@H]1C1(C)NC=C(c2ccc(B3OC(C)(C)C(C)(C)O3)cc2)N1. The van der Waals surface area contributed by atoms with Crippen LogP contribution in [0.4, 0.5) is 9.59 Å². The Hall–Kier alpha value is -4.63. The van der Waals surface area contributed by atoms with Gasteiger partial charge in [-0.1, -0.05) is 38.1 Å². The fraction of sp³-hybridized carbons (Fsp3) is 0.575. The summed E-state index contributed by atoms with van der Waals surface area (Å²) in [7, 11) is -0.479. The average Bonchev–Trinajstić information content (AvgIpc) is 3.92. The van der Waals surface area contributed by atoms with Gasteiger partial charge >= 0.3 is 19.3 Å². The van der Waals surface area contributed by atoms with Crippen molar-refractivity contribution in [1.82, 2.24) is 25.8 Å². The van der Waals surface area contributed by atoms with Gasteiger partial charge < -0.3 is 49.1 Å². The van der Waals surface area contributed by atoms with Crippen molar-refractivity contribution in [3.63, 3.8) is 0 Å². The minimum atomic E-state index is -0.883. The molecule has 15 heteroatoms. The number of ether oxygens (including phenoxy) is 4. The number of carbonyl (C=O) groups is 3. The molecule has 2 fully saturated rings. The molecule has 0 aromatic heterocycles. The molecule has 3 amide bonds. The molecule has 2 aromatic carbocycles. The minimum Gasteiger partial charge on any atom is -0.454 e. The summed E-state index contributed by atoms with van der Waals surface area (Å²) in [5.74, 6) is 0.784. The van der Waals surface area contributed by atoms with Gasteiger partial charge in [-0.2, -0.15) is 0 Å². The molecule has 0 aliphatic carbocycles. The Labute approximate surface area is 323 Å². The van der Waals surface area contributed by atoms with E-state index in [2.05, 4.69) is 16.0 Å². The van der Waals surface area contributed by atoms with E-state index in [4.69, 9.17) is 28.3 Å². The topological polar surface area (TPSA) is 149 Å². The second-order valence-corrected chi connectivity index (χ2v) is 17.7. The molecule has 3 N–H and O–H groups in total. The molecule has 1 unspecified atom stereocenters. The predicted molar refractivity (Wildman–Crippen MR) is 205 cm³/mol. The van der Waals surface area contributed by atoms with E-state index in [9.17, 15) is 14.4 Å². The molecule has 5 aliphatic rings. The highest BCUT2D eigenvalue weighted by Crippen LogP contribution is 2.40. The van der Waals surface area contributed by atoms with Gasteiger partial charge in [-0.05, 0) is 95.6 Å². The van der Waals surface area contributed by atoms with Gasteiger partial charge in [0.15, 0.2) is 11.5 Å². The van der Waals surface area contributed by atoms with Gasteiger partial charge in [-0.3, -0.25) is 9.69 Å². The van der Waals surface area contributed by atoms with Gasteiger partial charge in [-0.15, -0.1) is 0 Å². The lowest BCUT2D eigenvalue weighted by atomic mass is 9.79. The summed E-state index contributed by atoms with van der Waals surface area (Å²) in [5.41, 5.74) is 2.14. The molecule has 5 heterocycles. The van der Waals surface area contributed by atoms with Crippen LogP contribution in [0.2, 0.25) is 0 Å². The van der Waals surface area contributed by atoms with Gasteiger partial charge in [0, 0.05) is 25.7 Å². The van der Waals surface area contributed by atoms with Crippen molar-refractivity contribution in [1.29, 1.82) is 0 Å². The minimum absolute atomic E-state index is 0.141. The molecular formula is C40H54BN5O9. The highest BCUT2D eigenvalue weighted by molar-refractivity contribution is 6.62. The number of nitrogens with one attached hydrogen (secondary N) is 3. The quantitative estimate of drug-likeness (QED) is 0.341. The van der Waals surface area contributed by atoms with E-state index < -0.39 is 60.0 Å². The van der Waals surface area contributed by atoms with Gasteiger partial charge in [-0.25, -0.2) is 9.59 Å². The van der Waals surface area contributed by atoms with Crippen LogP contribution >= 0.6 is 0 Å². The van der Waals surface area contributed by atoms with Crippen molar-refractivity contribution in [3.05, 3.63) is 59.3 Å². The molecule has 14 nitrogen and oxygen atoms in total. The molecule has 296 valence electrons. The third kappa shape index (κ3) is 7.65. The summed E-state index contributed by atoms with van der Waals surface area (Å²) in [4.78, 5) is 44.5. The van der Waals surface area contributed by atoms with Crippen molar-refractivity contribution in [2.45, 2.75) is 129 Å². The standard InChI is InChI=1S/C40H54BN5O9/c1-23(2)33(43-35(48)53-37(3,4)5)34(47)46-21-28(52-36(49)45-19-25-15-30-31(51-22-50-30)16-26(25)20-45)17-32(46)40(10)42-18-29(44-40)24-11-13-27(14-12-24)41-54-38(6,7)39(8,9)55-41/h11-16,18,23,28,32-33,42,44H,17,19-22H2,1-10H3,(H,43,48)/t28-,32+,33+,40?/m1/s1. The molecule has 0 spiro atoms. The maximum atomic E-state index is 14.5. The van der Waals surface area contributed by atoms with Crippen molar-refractivity contribution in [2.24, 2.45) is 5.92 Å². The van der Waals surface area contributed by atoms with Crippen LogP contribution < -0.4 is 30.9 Å². The molecule has 0 saturated carbocycles. The predicted octanol–water partition coefficient (Wildman–Crippen LogP) is 4.59. The van der Waals surface area contributed by atoms with Gasteiger partial charge in [0.1, 0.15) is 23.4 Å². The third-order valence-electron chi connectivity index (χ3n) is 11.4. The number of hydrogen-bond donors (Lipinski definition) is 3. The first kappa shape index (κ1) is 38.6. The molecule has 0 radical (unpaired) electrons. The first-order chi connectivity index (χ1) is 25.7. The Balaban J connectivity index is 1.08. The molecule has 0 bridgehead atoms. The zero-order valence-electron chi connectivity index (χ0n) is 33.5. The van der Waals surface area contributed by atoms with Crippen molar-refractivity contribution in [2.75, 3.05) is 13.3 Å². The van der Waals surface area contributed by atoms with E-state index in [0.717, 1.165) is 27.9 Å². The molecule has 2 aromatic rings. The average molecular weight is 760 g/mol. The second kappa shape index (κ2) is 13.8. The first-order valence-electron chi connectivity index (χ1n) is 19.1. The van der Waals surface area contributed by atoms with Crippen LogP contribution in [0, 0.1) is 5.92 Å². The van der Waals surface area contributed by atoms with E-state index >= 15 is 0 Å². The Morgan fingerprint density at radius 3 is 2.11 bits per heavy atom. The number of amides is 3. The maximum absolute atomic E-state index is 14.5. The van der Waals surface area contributed by atoms with Gasteiger partial charge in [0.25, 0.3) is 0 Å². The summed E-state index contributed by atoms with van der Waals surface area (Å²) in [5, 5.41) is 9.95. The molecule has 7 rings (SSSR count). The third-order valence-corrected chi connectivity index (χ3v) is 11.4. The summed E-state index contributed by atoms with van der Waals surface area (Å²) in [6.07, 6.45) is 0.493. The van der Waals surface area contributed by atoms with E-state index in [-0.39, 0.29) is 25.2 Å². The van der Waals surface area contributed by atoms with Crippen LogP contribution in [0.1, 0.15) is 92.3 Å². The van der Waals surface area contributed by atoms with E-state index in [0.29, 0.717) is 31.0 Å². The molecule has 4 atom stereocenters. The Morgan fingerprint density at radius 1 is 0.945 bits per heavy atom. The van der Waals surface area contributed by atoms with Gasteiger partial charge in [0.2, 0.25) is 12.7 Å². The summed E-state index contributed by atoms with van der Waals surface area (Å²) >= 11 is 0. The number of nitrogens with zero attached hydrogens (tertiary/aromatic N) is 2. The lowest BCUT2D eigenvalue weighted by molar-refractivity contribution is -0.137. The molecule has 55 heavy (non-hydrogen) atoms. The molecule has 2 saturated heterocycles. The molecule has 5 aliphatic heterocycles. The van der Waals surface area contributed by atoms with Crippen LogP contribution in [0.5, 0.6) is 11.5 Å². The summed E-state index contributed by atoms with van der Waals surface area (Å²) < 4.78 is 35.3. The zero-order chi connectivity index (χ0) is 39.7. The second-order valence-electron chi connectivity index (χ2n) is 17.7. The zero-order valence-corrected chi connectivity index (χ0v) is 33.5. The van der Waals surface area contributed by atoms with Crippen molar-refractivity contribution in [3.8, 4) is 11.5 Å². The smallest absolute Gasteiger partial charge is 0.454 e. The number of alkyl carbamates (subject to hydrolysis) is 1. The number of benzene rings is 2. The number of likely N-dealkylation sites (tertiary alicyclic amines) is 1. The summed E-state index contributed by atoms with van der Waals surface area (Å²) in [6.45, 7) is 20.2. The Bertz CT molecular complexity index is 1830. The van der Waals surface area contributed by atoms with Crippen LogP contribution in [0.25, 0.3) is 5.70 Å². The highest BCUT2D eigenvalue weighted by atomic mass is 16.7. The molecular weight excluding hydrogens is 705 g/mol. The highest BCUT2D eigenvalue weighted by Gasteiger charge is 2.53.